The van der Waals surface area contributed by atoms with Crippen molar-refractivity contribution in [2.75, 3.05) is 26.2 Å². The summed E-state index contributed by atoms with van der Waals surface area (Å²) in [5.41, 5.74) is 7.51. The summed E-state index contributed by atoms with van der Waals surface area (Å²) < 4.78 is 0. The number of benzene rings is 1. The molecule has 3 N–H and O–H groups in total. The summed E-state index contributed by atoms with van der Waals surface area (Å²) in [5, 5.41) is 3.74. The molecule has 0 bridgehead atoms. The number of rotatable bonds is 3. The standard InChI is InChI=1S/C18H26ClN3O.ClH/c19-15-3-1-2-14(12-15)18(13-20)7-4-16(5-8-18)22-10-6-17(23)21-9-11-22;/h1-3,12,16H,4-11,13,20H2,(H,21,23);1H/t16-,18+;. The van der Waals surface area contributed by atoms with E-state index in [1.807, 2.05) is 12.1 Å². The van der Waals surface area contributed by atoms with Gasteiger partial charge in [0.1, 0.15) is 0 Å². The van der Waals surface area contributed by atoms with Crippen LogP contribution in [0, 0.1) is 0 Å². The SMILES string of the molecule is Cl.NC[C@]1(c2cccc(Cl)c2)CC[C@@H](N2CCNC(=O)CC2)CC1. The van der Waals surface area contributed by atoms with Crippen LogP contribution in [0.5, 0.6) is 0 Å². The first-order valence-electron chi connectivity index (χ1n) is 8.60. The van der Waals surface area contributed by atoms with Crippen molar-refractivity contribution in [3.8, 4) is 0 Å². The van der Waals surface area contributed by atoms with Crippen molar-refractivity contribution in [3.63, 3.8) is 0 Å². The highest BCUT2D eigenvalue weighted by atomic mass is 35.5. The zero-order valence-corrected chi connectivity index (χ0v) is 15.5. The Labute approximate surface area is 155 Å². The van der Waals surface area contributed by atoms with Gasteiger partial charge in [-0.3, -0.25) is 9.69 Å². The highest BCUT2D eigenvalue weighted by Gasteiger charge is 2.37. The first-order chi connectivity index (χ1) is 11.1. The third-order valence-electron chi connectivity index (χ3n) is 5.60. The summed E-state index contributed by atoms with van der Waals surface area (Å²) in [5.74, 6) is 0.179. The molecule has 0 aromatic heterocycles. The van der Waals surface area contributed by atoms with Crippen LogP contribution in [0.1, 0.15) is 37.7 Å². The number of carbonyl (C=O) groups is 1. The minimum absolute atomic E-state index is 0. The number of nitrogens with zero attached hydrogens (tertiary/aromatic N) is 1. The zero-order valence-electron chi connectivity index (χ0n) is 14.0. The van der Waals surface area contributed by atoms with Gasteiger partial charge < -0.3 is 11.1 Å². The van der Waals surface area contributed by atoms with Crippen molar-refractivity contribution in [2.24, 2.45) is 5.73 Å². The van der Waals surface area contributed by atoms with Gasteiger partial charge in [0.15, 0.2) is 0 Å². The van der Waals surface area contributed by atoms with Crippen LogP contribution in [0.2, 0.25) is 5.02 Å². The smallest absolute Gasteiger partial charge is 0.221 e. The van der Waals surface area contributed by atoms with Gasteiger partial charge in [-0.05, 0) is 43.4 Å². The summed E-state index contributed by atoms with van der Waals surface area (Å²) in [4.78, 5) is 14.0. The van der Waals surface area contributed by atoms with Crippen molar-refractivity contribution in [1.82, 2.24) is 10.2 Å². The van der Waals surface area contributed by atoms with Crippen LogP contribution in [-0.4, -0.2) is 43.0 Å². The lowest BCUT2D eigenvalue weighted by atomic mass is 9.68. The zero-order chi connectivity index (χ0) is 16.3. The second-order valence-electron chi connectivity index (χ2n) is 6.86. The third-order valence-corrected chi connectivity index (χ3v) is 5.84. The van der Waals surface area contributed by atoms with Crippen LogP contribution in [0.3, 0.4) is 0 Å². The molecule has 0 atom stereocenters. The lowest BCUT2D eigenvalue weighted by molar-refractivity contribution is -0.120. The molecule has 0 radical (unpaired) electrons. The molecule has 1 saturated carbocycles. The Morgan fingerprint density at radius 1 is 1.29 bits per heavy atom. The summed E-state index contributed by atoms with van der Waals surface area (Å²) in [6.07, 6.45) is 5.07. The molecule has 1 heterocycles. The van der Waals surface area contributed by atoms with Gasteiger partial charge in [0.05, 0.1) is 0 Å². The number of nitrogens with two attached hydrogens (primary N) is 1. The second kappa shape index (κ2) is 8.52. The fraction of sp³-hybridized carbons (Fsp3) is 0.611. The molecule has 1 amide bonds. The topological polar surface area (TPSA) is 58.4 Å². The first kappa shape index (κ1) is 19.5. The van der Waals surface area contributed by atoms with E-state index in [1.54, 1.807) is 0 Å². The van der Waals surface area contributed by atoms with Crippen molar-refractivity contribution < 1.29 is 4.79 Å². The van der Waals surface area contributed by atoms with E-state index in [9.17, 15) is 4.79 Å². The van der Waals surface area contributed by atoms with Gasteiger partial charge in [-0.1, -0.05) is 23.7 Å². The number of hydrogen-bond acceptors (Lipinski definition) is 3. The van der Waals surface area contributed by atoms with Crippen molar-refractivity contribution >= 4 is 29.9 Å². The molecule has 134 valence electrons. The molecule has 1 saturated heterocycles. The van der Waals surface area contributed by atoms with Gasteiger partial charge >= 0.3 is 0 Å². The van der Waals surface area contributed by atoms with Gasteiger partial charge in [0.25, 0.3) is 0 Å². The van der Waals surface area contributed by atoms with Crippen LogP contribution in [0.25, 0.3) is 0 Å². The Bertz CT molecular complexity index is 559. The second-order valence-corrected chi connectivity index (χ2v) is 7.30. The molecule has 24 heavy (non-hydrogen) atoms. The van der Waals surface area contributed by atoms with E-state index in [2.05, 4.69) is 22.3 Å². The molecular weight excluding hydrogens is 345 g/mol. The normalized spacial score (nSPS) is 28.6. The molecule has 1 aliphatic carbocycles. The first-order valence-corrected chi connectivity index (χ1v) is 8.98. The molecule has 0 unspecified atom stereocenters. The van der Waals surface area contributed by atoms with Crippen LogP contribution < -0.4 is 11.1 Å². The van der Waals surface area contributed by atoms with Crippen molar-refractivity contribution in [2.45, 2.75) is 43.6 Å². The number of carbonyl (C=O) groups excluding carboxylic acids is 1. The maximum Gasteiger partial charge on any atom is 0.221 e. The molecule has 2 aliphatic rings. The lowest BCUT2D eigenvalue weighted by Gasteiger charge is -2.43. The Morgan fingerprint density at radius 3 is 2.71 bits per heavy atom. The highest BCUT2D eigenvalue weighted by molar-refractivity contribution is 6.30. The van der Waals surface area contributed by atoms with E-state index in [0.717, 1.165) is 50.3 Å². The third kappa shape index (κ3) is 4.23. The van der Waals surface area contributed by atoms with E-state index in [-0.39, 0.29) is 23.7 Å². The molecule has 1 aliphatic heterocycles. The summed E-state index contributed by atoms with van der Waals surface area (Å²) in [6, 6.07) is 8.74. The fourth-order valence-corrected chi connectivity index (χ4v) is 4.29. The Hall–Kier alpha value is -0.810. The largest absolute Gasteiger partial charge is 0.355 e. The number of hydrogen-bond donors (Lipinski definition) is 2. The Kier molecular flexibility index (Phi) is 6.93. The van der Waals surface area contributed by atoms with Crippen LogP contribution in [0.15, 0.2) is 24.3 Å². The van der Waals surface area contributed by atoms with Crippen molar-refractivity contribution in [1.29, 1.82) is 0 Å². The summed E-state index contributed by atoms with van der Waals surface area (Å²) >= 11 is 6.18. The minimum atomic E-state index is 0. The highest BCUT2D eigenvalue weighted by Crippen LogP contribution is 2.40. The summed E-state index contributed by atoms with van der Waals surface area (Å²) in [6.45, 7) is 3.28. The lowest BCUT2D eigenvalue weighted by Crippen LogP contribution is -2.46. The maximum absolute atomic E-state index is 11.5. The van der Waals surface area contributed by atoms with Crippen LogP contribution >= 0.6 is 24.0 Å². The molecular formula is C18H27Cl2N3O. The molecule has 6 heteroatoms. The minimum Gasteiger partial charge on any atom is -0.355 e. The number of halogens is 2. The van der Waals surface area contributed by atoms with Crippen molar-refractivity contribution in [3.05, 3.63) is 34.9 Å². The van der Waals surface area contributed by atoms with E-state index in [0.29, 0.717) is 19.0 Å². The molecule has 0 spiro atoms. The summed E-state index contributed by atoms with van der Waals surface area (Å²) in [7, 11) is 0. The maximum atomic E-state index is 11.5. The average Bonchev–Trinajstić information content (AvgIpc) is 2.80. The van der Waals surface area contributed by atoms with E-state index in [1.165, 1.54) is 5.56 Å². The predicted octanol–water partition coefficient (Wildman–Crippen LogP) is 2.72. The number of amides is 1. The molecule has 1 aromatic carbocycles. The molecule has 3 rings (SSSR count). The monoisotopic (exact) mass is 371 g/mol. The number of nitrogens with one attached hydrogen (secondary N) is 1. The molecule has 4 nitrogen and oxygen atoms in total. The van der Waals surface area contributed by atoms with E-state index >= 15 is 0 Å². The van der Waals surface area contributed by atoms with Gasteiger partial charge in [-0.25, -0.2) is 0 Å². The average molecular weight is 372 g/mol. The fourth-order valence-electron chi connectivity index (χ4n) is 4.10. The van der Waals surface area contributed by atoms with Gasteiger partial charge in [0.2, 0.25) is 5.91 Å². The van der Waals surface area contributed by atoms with E-state index in [4.69, 9.17) is 17.3 Å². The van der Waals surface area contributed by atoms with Crippen LogP contribution in [0.4, 0.5) is 0 Å². The molecule has 1 aromatic rings. The Morgan fingerprint density at radius 2 is 2.04 bits per heavy atom. The Balaban J connectivity index is 0.00000208. The predicted molar refractivity (Wildman–Crippen MR) is 101 cm³/mol. The van der Waals surface area contributed by atoms with Gasteiger partial charge in [0, 0.05) is 49.1 Å². The van der Waals surface area contributed by atoms with Gasteiger partial charge in [-0.15, -0.1) is 12.4 Å². The quantitative estimate of drug-likeness (QED) is 0.858. The van der Waals surface area contributed by atoms with E-state index < -0.39 is 0 Å². The van der Waals surface area contributed by atoms with Gasteiger partial charge in [-0.2, -0.15) is 0 Å². The van der Waals surface area contributed by atoms with Crippen LogP contribution in [-0.2, 0) is 10.2 Å². The molecule has 2 fully saturated rings.